The largest absolute Gasteiger partial charge is 0.241 e. The van der Waals surface area contributed by atoms with Crippen molar-refractivity contribution in [1.29, 1.82) is 0 Å². The number of hydrogen-bond acceptors (Lipinski definition) is 3. The molecule has 5 heteroatoms. The molecule has 1 aliphatic heterocycles. The van der Waals surface area contributed by atoms with Gasteiger partial charge in [-0.1, -0.05) is 17.7 Å². The Bertz CT molecular complexity index is 490. The fraction of sp³-hybridized carbons (Fsp3) is 0.500. The van der Waals surface area contributed by atoms with Crippen molar-refractivity contribution in [2.24, 2.45) is 0 Å². The zero-order valence-electron chi connectivity index (χ0n) is 11.2. The number of aryl methyl sites for hydroxylation is 1. The van der Waals surface area contributed by atoms with E-state index >= 15 is 0 Å². The van der Waals surface area contributed by atoms with E-state index in [1.54, 1.807) is 24.3 Å². The van der Waals surface area contributed by atoms with Gasteiger partial charge in [0.25, 0.3) is 0 Å². The summed E-state index contributed by atoms with van der Waals surface area (Å²) in [5, 5.41) is 0. The molecule has 2 rings (SSSR count). The average molecular weight is 282 g/mol. The molecule has 1 aliphatic rings. The molecule has 0 radical (unpaired) electrons. The summed E-state index contributed by atoms with van der Waals surface area (Å²) in [5.41, 5.74) is 1.05. The summed E-state index contributed by atoms with van der Waals surface area (Å²) in [7, 11) is -3.37. The molecular formula is C14H20NO3S+. The SMILES string of the molecule is Cc1ccc(S(=O)(=O)NCCC[C+]2CCCO2)cc1. The van der Waals surface area contributed by atoms with E-state index in [9.17, 15) is 8.42 Å². The van der Waals surface area contributed by atoms with E-state index in [2.05, 4.69) is 4.72 Å². The molecule has 1 aromatic carbocycles. The number of hydrogen-bond donors (Lipinski definition) is 1. The lowest BCUT2D eigenvalue weighted by molar-refractivity contribution is 0.187. The molecule has 0 unspecified atom stereocenters. The minimum absolute atomic E-state index is 0.322. The number of sulfonamides is 1. The van der Waals surface area contributed by atoms with Gasteiger partial charge in [-0.25, -0.2) is 13.1 Å². The summed E-state index contributed by atoms with van der Waals surface area (Å²) >= 11 is 0. The normalized spacial score (nSPS) is 15.9. The highest BCUT2D eigenvalue weighted by atomic mass is 32.2. The number of nitrogens with one attached hydrogen (secondary N) is 1. The minimum Gasteiger partial charge on any atom is -0.211 e. The van der Waals surface area contributed by atoms with Gasteiger partial charge in [0.05, 0.1) is 4.90 Å². The fourth-order valence-electron chi connectivity index (χ4n) is 2.05. The molecule has 1 saturated heterocycles. The molecule has 0 spiro atoms. The molecule has 0 amide bonds. The van der Waals surface area contributed by atoms with E-state index in [-0.39, 0.29) is 0 Å². The van der Waals surface area contributed by atoms with Crippen LogP contribution in [0.2, 0.25) is 0 Å². The van der Waals surface area contributed by atoms with Crippen molar-refractivity contribution < 1.29 is 13.2 Å². The molecule has 19 heavy (non-hydrogen) atoms. The van der Waals surface area contributed by atoms with E-state index in [1.807, 2.05) is 6.92 Å². The highest BCUT2D eigenvalue weighted by molar-refractivity contribution is 7.89. The minimum atomic E-state index is -3.37. The molecule has 4 nitrogen and oxygen atoms in total. The van der Waals surface area contributed by atoms with Crippen LogP contribution in [-0.4, -0.2) is 21.6 Å². The number of benzene rings is 1. The van der Waals surface area contributed by atoms with E-state index in [0.29, 0.717) is 11.4 Å². The molecular weight excluding hydrogens is 262 g/mol. The van der Waals surface area contributed by atoms with Crippen molar-refractivity contribution >= 4 is 10.0 Å². The van der Waals surface area contributed by atoms with Gasteiger partial charge in [0, 0.05) is 19.4 Å². The maximum atomic E-state index is 12.0. The topological polar surface area (TPSA) is 55.4 Å². The monoisotopic (exact) mass is 282 g/mol. The van der Waals surface area contributed by atoms with Gasteiger partial charge in [-0.15, -0.1) is 0 Å². The third-order valence-corrected chi connectivity index (χ3v) is 4.64. The van der Waals surface area contributed by atoms with Gasteiger partial charge < -0.3 is 0 Å². The summed E-state index contributed by atoms with van der Waals surface area (Å²) in [6.45, 7) is 3.19. The van der Waals surface area contributed by atoms with Crippen LogP contribution in [0.15, 0.2) is 29.2 Å². The molecule has 1 fully saturated rings. The van der Waals surface area contributed by atoms with Gasteiger partial charge >= 0.3 is 0 Å². The second-order valence-corrected chi connectivity index (χ2v) is 6.57. The predicted molar refractivity (Wildman–Crippen MR) is 74.0 cm³/mol. The third kappa shape index (κ3) is 4.23. The number of rotatable bonds is 6. The Morgan fingerprint density at radius 3 is 2.68 bits per heavy atom. The molecule has 1 aromatic rings. The van der Waals surface area contributed by atoms with E-state index in [0.717, 1.165) is 44.0 Å². The third-order valence-electron chi connectivity index (χ3n) is 3.16. The average Bonchev–Trinajstić information content (AvgIpc) is 2.88. The first-order valence-electron chi connectivity index (χ1n) is 6.62. The Morgan fingerprint density at radius 1 is 1.32 bits per heavy atom. The maximum Gasteiger partial charge on any atom is 0.241 e. The molecule has 1 N–H and O–H groups in total. The summed E-state index contributed by atoms with van der Waals surface area (Å²) in [4.78, 5) is 0.322. The van der Waals surface area contributed by atoms with E-state index < -0.39 is 10.0 Å². The summed E-state index contributed by atoms with van der Waals surface area (Å²) < 4.78 is 32.0. The Labute approximate surface area is 115 Å². The molecule has 1 heterocycles. The van der Waals surface area contributed by atoms with Crippen LogP contribution in [0.25, 0.3) is 0 Å². The van der Waals surface area contributed by atoms with E-state index in [1.165, 1.54) is 0 Å². The van der Waals surface area contributed by atoms with Crippen molar-refractivity contribution in [3.63, 3.8) is 0 Å². The first-order chi connectivity index (χ1) is 9.08. The Morgan fingerprint density at radius 2 is 2.05 bits per heavy atom. The van der Waals surface area contributed by atoms with Crippen LogP contribution < -0.4 is 4.72 Å². The molecule has 104 valence electrons. The first kappa shape index (κ1) is 14.4. The van der Waals surface area contributed by atoms with Crippen molar-refractivity contribution in [2.45, 2.75) is 37.5 Å². The molecule has 0 bridgehead atoms. The Hall–Kier alpha value is -1.04. The van der Waals surface area contributed by atoms with Crippen LogP contribution in [0.5, 0.6) is 0 Å². The van der Waals surface area contributed by atoms with Crippen LogP contribution in [0.3, 0.4) is 0 Å². The Kier molecular flexibility index (Phi) is 4.85. The molecule has 0 aromatic heterocycles. The lowest BCUT2D eigenvalue weighted by Crippen LogP contribution is -2.25. The lowest BCUT2D eigenvalue weighted by Gasteiger charge is -2.06. The predicted octanol–water partition coefficient (Wildman–Crippen LogP) is 2.40. The van der Waals surface area contributed by atoms with Crippen LogP contribution in [-0.2, 0) is 14.8 Å². The van der Waals surface area contributed by atoms with Crippen LogP contribution in [0, 0.1) is 13.0 Å². The standard InChI is InChI=1S/C14H20NO3S/c1-12-6-8-14(9-7-12)19(16,17)15-10-2-4-13-5-3-11-18-13/h6-9,15H,2-5,10-11H2,1H3/q+1. The van der Waals surface area contributed by atoms with Crippen LogP contribution in [0.4, 0.5) is 0 Å². The second kappa shape index (κ2) is 6.41. The van der Waals surface area contributed by atoms with Crippen LogP contribution in [0.1, 0.15) is 31.2 Å². The summed E-state index contributed by atoms with van der Waals surface area (Å²) in [6, 6.07) is 6.87. The van der Waals surface area contributed by atoms with Gasteiger partial charge in [0.2, 0.25) is 16.1 Å². The highest BCUT2D eigenvalue weighted by Gasteiger charge is 2.27. The second-order valence-electron chi connectivity index (χ2n) is 4.81. The van der Waals surface area contributed by atoms with Gasteiger partial charge in [-0.05, 0) is 19.1 Å². The number of ether oxygens (including phenoxy) is 1. The lowest BCUT2D eigenvalue weighted by atomic mass is 10.1. The van der Waals surface area contributed by atoms with Crippen molar-refractivity contribution in [1.82, 2.24) is 4.72 Å². The molecule has 0 saturated carbocycles. The fourth-order valence-corrected chi connectivity index (χ4v) is 3.12. The Balaban J connectivity index is 1.79. The van der Waals surface area contributed by atoms with E-state index in [4.69, 9.17) is 4.74 Å². The summed E-state index contributed by atoms with van der Waals surface area (Å²) in [6.07, 6.45) is 4.83. The van der Waals surface area contributed by atoms with Crippen molar-refractivity contribution in [3.05, 3.63) is 35.9 Å². The smallest absolute Gasteiger partial charge is 0.211 e. The van der Waals surface area contributed by atoms with Gasteiger partial charge in [-0.3, -0.25) is 0 Å². The van der Waals surface area contributed by atoms with Crippen LogP contribution >= 0.6 is 0 Å². The summed E-state index contributed by atoms with van der Waals surface area (Å²) in [5.74, 6) is 0. The van der Waals surface area contributed by atoms with Gasteiger partial charge in [0.1, 0.15) is 19.4 Å². The van der Waals surface area contributed by atoms with Gasteiger partial charge in [0.15, 0.2) is 0 Å². The zero-order chi connectivity index (χ0) is 13.7. The zero-order valence-corrected chi connectivity index (χ0v) is 12.0. The maximum absolute atomic E-state index is 12.0. The van der Waals surface area contributed by atoms with Crippen molar-refractivity contribution in [3.8, 4) is 0 Å². The first-order valence-corrected chi connectivity index (χ1v) is 8.10. The quantitative estimate of drug-likeness (QED) is 0.644. The molecule has 0 atom stereocenters. The van der Waals surface area contributed by atoms with Gasteiger partial charge in [-0.2, -0.15) is 4.74 Å². The highest BCUT2D eigenvalue weighted by Crippen LogP contribution is 2.23. The van der Waals surface area contributed by atoms with Crippen molar-refractivity contribution in [2.75, 3.05) is 13.2 Å². The molecule has 0 aliphatic carbocycles.